The van der Waals surface area contributed by atoms with E-state index in [0.29, 0.717) is 25.6 Å². The van der Waals surface area contributed by atoms with Gasteiger partial charge in [0, 0.05) is 19.0 Å². The van der Waals surface area contributed by atoms with Crippen LogP contribution < -0.4 is 0 Å². The van der Waals surface area contributed by atoms with E-state index in [0.717, 1.165) is 17.4 Å². The minimum Gasteiger partial charge on any atom is -0.464 e. The van der Waals surface area contributed by atoms with E-state index in [1.165, 1.54) is 6.42 Å². The van der Waals surface area contributed by atoms with Crippen LogP contribution in [-0.4, -0.2) is 36.9 Å². The fourth-order valence-electron chi connectivity index (χ4n) is 2.99. The molecule has 2 heterocycles. The van der Waals surface area contributed by atoms with Gasteiger partial charge >= 0.3 is 0 Å². The van der Waals surface area contributed by atoms with Crippen molar-refractivity contribution < 1.29 is 12.8 Å². The Kier molecular flexibility index (Phi) is 3.25. The second-order valence-corrected chi connectivity index (χ2v) is 9.66. The molecule has 2 atom stereocenters. The maximum atomic E-state index is 12.0. The van der Waals surface area contributed by atoms with Crippen molar-refractivity contribution in [1.29, 1.82) is 0 Å². The van der Waals surface area contributed by atoms with Crippen LogP contribution in [0, 0.1) is 5.92 Å². The molecule has 0 spiro atoms. The number of furan rings is 1. The van der Waals surface area contributed by atoms with Crippen LogP contribution in [0.4, 0.5) is 0 Å². The van der Waals surface area contributed by atoms with E-state index < -0.39 is 14.6 Å². The van der Waals surface area contributed by atoms with Crippen LogP contribution in [0.15, 0.2) is 16.5 Å². The molecule has 0 amide bonds. The first-order chi connectivity index (χ1) is 9.28. The summed E-state index contributed by atoms with van der Waals surface area (Å²) in [6.07, 6.45) is 1.22. The summed E-state index contributed by atoms with van der Waals surface area (Å²) in [4.78, 5) is 2.18. The summed E-state index contributed by atoms with van der Waals surface area (Å²) >= 11 is 0. The predicted molar refractivity (Wildman–Crippen MR) is 78.4 cm³/mol. The highest BCUT2D eigenvalue weighted by atomic mass is 32.2. The summed E-state index contributed by atoms with van der Waals surface area (Å²) in [7, 11) is -2.96. The lowest BCUT2D eigenvalue weighted by molar-refractivity contribution is 0.222. The molecule has 0 unspecified atom stereocenters. The Morgan fingerprint density at radius 1 is 1.40 bits per heavy atom. The standard InChI is InChI=1S/C15H23NO3S/c1-11-8-13(11)14-5-4-12(19-14)9-16-6-7-20(17,18)15(2,3)10-16/h4-5,11,13H,6-10H2,1-3H3/t11-,13+/m1/s1. The van der Waals surface area contributed by atoms with Crippen molar-refractivity contribution in [2.45, 2.75) is 44.4 Å². The molecule has 1 aliphatic carbocycles. The highest BCUT2D eigenvalue weighted by Gasteiger charge is 2.40. The molecule has 1 aliphatic heterocycles. The molecule has 112 valence electrons. The van der Waals surface area contributed by atoms with Gasteiger partial charge in [0.2, 0.25) is 0 Å². The van der Waals surface area contributed by atoms with E-state index in [4.69, 9.17) is 4.42 Å². The minimum atomic E-state index is -2.96. The van der Waals surface area contributed by atoms with E-state index >= 15 is 0 Å². The largest absolute Gasteiger partial charge is 0.464 e. The average Bonchev–Trinajstić information content (AvgIpc) is 2.88. The van der Waals surface area contributed by atoms with Crippen LogP contribution in [0.2, 0.25) is 0 Å². The fraction of sp³-hybridized carbons (Fsp3) is 0.733. The first kappa shape index (κ1) is 14.1. The van der Waals surface area contributed by atoms with E-state index in [-0.39, 0.29) is 5.75 Å². The number of sulfone groups is 1. The van der Waals surface area contributed by atoms with Crippen LogP contribution in [0.25, 0.3) is 0 Å². The summed E-state index contributed by atoms with van der Waals surface area (Å²) in [5.41, 5.74) is 0. The second kappa shape index (κ2) is 4.60. The molecule has 3 rings (SSSR count). The van der Waals surface area contributed by atoms with Crippen molar-refractivity contribution in [3.05, 3.63) is 23.7 Å². The summed E-state index contributed by atoms with van der Waals surface area (Å²) in [5, 5.41) is 0. The van der Waals surface area contributed by atoms with E-state index in [9.17, 15) is 8.42 Å². The number of nitrogens with zero attached hydrogens (tertiary/aromatic N) is 1. The smallest absolute Gasteiger partial charge is 0.157 e. The molecule has 5 heteroatoms. The fourth-order valence-corrected chi connectivity index (χ4v) is 4.42. The maximum Gasteiger partial charge on any atom is 0.157 e. The van der Waals surface area contributed by atoms with E-state index in [1.807, 2.05) is 19.9 Å². The van der Waals surface area contributed by atoms with Crippen molar-refractivity contribution in [3.63, 3.8) is 0 Å². The van der Waals surface area contributed by atoms with Gasteiger partial charge in [0.1, 0.15) is 11.5 Å². The van der Waals surface area contributed by atoms with Crippen molar-refractivity contribution >= 4 is 9.84 Å². The highest BCUT2D eigenvalue weighted by molar-refractivity contribution is 7.92. The first-order valence-electron chi connectivity index (χ1n) is 7.32. The van der Waals surface area contributed by atoms with Gasteiger partial charge in [-0.2, -0.15) is 0 Å². The van der Waals surface area contributed by atoms with Gasteiger partial charge in [-0.15, -0.1) is 0 Å². The molecule has 20 heavy (non-hydrogen) atoms. The molecule has 2 aliphatic rings. The molecular formula is C15H23NO3S. The monoisotopic (exact) mass is 297 g/mol. The zero-order valence-electron chi connectivity index (χ0n) is 12.4. The Balaban J connectivity index is 1.65. The number of hydrogen-bond acceptors (Lipinski definition) is 4. The van der Waals surface area contributed by atoms with Crippen LogP contribution in [0.3, 0.4) is 0 Å². The summed E-state index contributed by atoms with van der Waals surface area (Å²) in [5.74, 6) is 3.63. The molecule has 1 aromatic rings. The second-order valence-electron chi connectivity index (χ2n) is 6.91. The van der Waals surface area contributed by atoms with E-state index in [2.05, 4.69) is 17.9 Å². The summed E-state index contributed by atoms with van der Waals surface area (Å²) in [6, 6.07) is 4.12. The van der Waals surface area contributed by atoms with Crippen molar-refractivity contribution in [2.75, 3.05) is 18.8 Å². The lowest BCUT2D eigenvalue weighted by Crippen LogP contribution is -2.52. The minimum absolute atomic E-state index is 0.243. The lowest BCUT2D eigenvalue weighted by atomic mass is 10.2. The summed E-state index contributed by atoms with van der Waals surface area (Å²) < 4.78 is 29.2. The Labute approximate surface area is 121 Å². The van der Waals surface area contributed by atoms with Gasteiger partial charge in [0.05, 0.1) is 17.0 Å². The molecule has 1 aromatic heterocycles. The van der Waals surface area contributed by atoms with Crippen LogP contribution in [-0.2, 0) is 16.4 Å². The quantitative estimate of drug-likeness (QED) is 0.859. The van der Waals surface area contributed by atoms with Gasteiger partial charge in [0.25, 0.3) is 0 Å². The zero-order valence-corrected chi connectivity index (χ0v) is 13.2. The highest BCUT2D eigenvalue weighted by Crippen LogP contribution is 2.47. The molecule has 1 saturated carbocycles. The SMILES string of the molecule is C[C@@H]1C[C@@H]1c1ccc(CN2CCS(=O)(=O)C(C)(C)C2)o1. The molecule has 0 bridgehead atoms. The Morgan fingerprint density at radius 2 is 2.10 bits per heavy atom. The molecule has 1 saturated heterocycles. The van der Waals surface area contributed by atoms with E-state index in [1.54, 1.807) is 0 Å². The van der Waals surface area contributed by atoms with Gasteiger partial charge in [-0.3, -0.25) is 4.90 Å². The van der Waals surface area contributed by atoms with Crippen LogP contribution >= 0.6 is 0 Å². The first-order valence-corrected chi connectivity index (χ1v) is 8.97. The molecule has 2 fully saturated rings. The Hall–Kier alpha value is -0.810. The van der Waals surface area contributed by atoms with Crippen LogP contribution in [0.1, 0.15) is 44.6 Å². The maximum absolute atomic E-state index is 12.0. The molecule has 0 N–H and O–H groups in total. The molecule has 0 radical (unpaired) electrons. The third kappa shape index (κ3) is 2.53. The predicted octanol–water partition coefficient (Wildman–Crippen LogP) is 2.41. The van der Waals surface area contributed by atoms with Crippen molar-refractivity contribution in [2.24, 2.45) is 5.92 Å². The van der Waals surface area contributed by atoms with Gasteiger partial charge in [-0.1, -0.05) is 6.92 Å². The molecule has 4 nitrogen and oxygen atoms in total. The van der Waals surface area contributed by atoms with Crippen molar-refractivity contribution in [3.8, 4) is 0 Å². The zero-order chi connectivity index (χ0) is 14.5. The third-order valence-corrected chi connectivity index (χ3v) is 7.19. The lowest BCUT2D eigenvalue weighted by Gasteiger charge is -2.37. The topological polar surface area (TPSA) is 50.5 Å². The van der Waals surface area contributed by atoms with Gasteiger partial charge in [-0.25, -0.2) is 8.42 Å². The van der Waals surface area contributed by atoms with Crippen LogP contribution in [0.5, 0.6) is 0 Å². The molecular weight excluding hydrogens is 274 g/mol. The number of hydrogen-bond donors (Lipinski definition) is 0. The van der Waals surface area contributed by atoms with Crippen molar-refractivity contribution in [1.82, 2.24) is 4.90 Å². The summed E-state index contributed by atoms with van der Waals surface area (Å²) in [6.45, 7) is 7.75. The Bertz CT molecular complexity index is 602. The van der Waals surface area contributed by atoms with Gasteiger partial charge < -0.3 is 4.42 Å². The average molecular weight is 297 g/mol. The Morgan fingerprint density at radius 3 is 2.70 bits per heavy atom. The van der Waals surface area contributed by atoms with Gasteiger partial charge in [0.15, 0.2) is 9.84 Å². The third-order valence-electron chi connectivity index (χ3n) is 4.66. The molecule has 0 aromatic carbocycles. The van der Waals surface area contributed by atoms with Gasteiger partial charge in [-0.05, 0) is 38.3 Å². The normalized spacial score (nSPS) is 32.1. The number of rotatable bonds is 3.